The molecule has 1 unspecified atom stereocenters. The van der Waals surface area contributed by atoms with Crippen molar-refractivity contribution in [2.45, 2.75) is 39.2 Å². The van der Waals surface area contributed by atoms with E-state index in [-0.39, 0.29) is 17.1 Å². The third kappa shape index (κ3) is 9.21. The van der Waals surface area contributed by atoms with Gasteiger partial charge in [-0.05, 0) is 23.5 Å². The van der Waals surface area contributed by atoms with Gasteiger partial charge in [-0.25, -0.2) is 0 Å². The first kappa shape index (κ1) is 19.6. The molecule has 1 atom stereocenters. The lowest BCUT2D eigenvalue weighted by Gasteiger charge is -2.24. The molecular weight excluding hydrogens is 266 g/mol. The highest BCUT2D eigenvalue weighted by molar-refractivity contribution is 5.85. The summed E-state index contributed by atoms with van der Waals surface area (Å²) >= 11 is 0. The van der Waals surface area contributed by atoms with Crippen molar-refractivity contribution in [2.75, 3.05) is 27.7 Å². The predicted molar refractivity (Wildman–Crippen MR) is 84.1 cm³/mol. The molecule has 0 saturated carbocycles. The molecule has 120 valence electrons. The minimum absolute atomic E-state index is 0.0600. The fraction of sp³-hybridized carbons (Fsp3) is 0.588. The number of aliphatic hydroxyl groups is 1. The first-order chi connectivity index (χ1) is 9.33. The number of carboxylic acid groups (broad SMARTS) is 1. The number of benzene rings is 1. The van der Waals surface area contributed by atoms with Crippen LogP contribution < -0.4 is 5.11 Å². The van der Waals surface area contributed by atoms with Crippen molar-refractivity contribution >= 4 is 5.97 Å². The van der Waals surface area contributed by atoms with Gasteiger partial charge in [0.25, 0.3) is 0 Å². The largest absolute Gasteiger partial charge is 0.545 e. The molecule has 0 bridgehead atoms. The van der Waals surface area contributed by atoms with Crippen LogP contribution >= 0.6 is 0 Å². The average molecular weight is 295 g/mol. The second kappa shape index (κ2) is 7.57. The highest BCUT2D eigenvalue weighted by atomic mass is 16.4. The minimum Gasteiger partial charge on any atom is -0.545 e. The van der Waals surface area contributed by atoms with Crippen molar-refractivity contribution in [1.82, 2.24) is 0 Å². The molecule has 1 N–H and O–H groups in total. The number of quaternary nitrogens is 1. The summed E-state index contributed by atoms with van der Waals surface area (Å²) in [7, 11) is 6.19. The first-order valence-electron chi connectivity index (χ1n) is 7.13. The number of nitrogens with zero attached hydrogens (tertiary/aromatic N) is 1. The molecule has 1 aromatic carbocycles. The van der Waals surface area contributed by atoms with Gasteiger partial charge in [-0.15, -0.1) is 0 Å². The van der Waals surface area contributed by atoms with E-state index in [2.05, 4.69) is 41.9 Å². The molecule has 0 radical (unpaired) electrons. The quantitative estimate of drug-likeness (QED) is 0.858. The van der Waals surface area contributed by atoms with Crippen molar-refractivity contribution < 1.29 is 19.5 Å². The van der Waals surface area contributed by atoms with Gasteiger partial charge in [0.1, 0.15) is 12.6 Å². The van der Waals surface area contributed by atoms with Crippen LogP contribution in [0.4, 0.5) is 0 Å². The van der Waals surface area contributed by atoms with Gasteiger partial charge in [-0.1, -0.05) is 45.0 Å². The first-order valence-corrected chi connectivity index (χ1v) is 7.13. The lowest BCUT2D eigenvalue weighted by Crippen LogP contribution is -2.40. The second-order valence-electron chi connectivity index (χ2n) is 7.44. The van der Waals surface area contributed by atoms with Gasteiger partial charge < -0.3 is 19.5 Å². The van der Waals surface area contributed by atoms with E-state index in [1.165, 1.54) is 0 Å². The zero-order valence-corrected chi connectivity index (χ0v) is 14.3. The molecular formula is C17H29NO3. The number of carboxylic acids is 1. The third-order valence-electron chi connectivity index (χ3n) is 2.80. The summed E-state index contributed by atoms with van der Waals surface area (Å²) in [5, 5.41) is 19.3. The van der Waals surface area contributed by atoms with E-state index in [0.29, 0.717) is 0 Å². The summed E-state index contributed by atoms with van der Waals surface area (Å²) in [5.41, 5.74) is 1.41. The molecule has 0 heterocycles. The van der Waals surface area contributed by atoms with E-state index in [9.17, 15) is 9.90 Å². The Morgan fingerprint density at radius 1 is 1.19 bits per heavy atom. The van der Waals surface area contributed by atoms with Crippen LogP contribution in [0.25, 0.3) is 0 Å². The van der Waals surface area contributed by atoms with Gasteiger partial charge in [0.15, 0.2) is 0 Å². The number of aromatic carboxylic acids is 1. The fourth-order valence-corrected chi connectivity index (χ4v) is 1.90. The van der Waals surface area contributed by atoms with Gasteiger partial charge >= 0.3 is 0 Å². The summed E-state index contributed by atoms with van der Waals surface area (Å²) in [6.45, 7) is 8.88. The molecule has 0 saturated heterocycles. The molecule has 4 nitrogen and oxygen atoms in total. The van der Waals surface area contributed by atoms with Crippen LogP contribution in [-0.4, -0.2) is 49.4 Å². The highest BCUT2D eigenvalue weighted by Crippen LogP contribution is 2.21. The number of carbonyl (C=O) groups is 1. The number of hydrogen-bond acceptors (Lipinski definition) is 3. The fourth-order valence-electron chi connectivity index (χ4n) is 1.90. The molecule has 0 aliphatic rings. The van der Waals surface area contributed by atoms with Gasteiger partial charge in [0, 0.05) is 0 Å². The average Bonchev–Trinajstić information content (AvgIpc) is 2.25. The molecule has 0 amide bonds. The van der Waals surface area contributed by atoms with Crippen molar-refractivity contribution in [3.05, 3.63) is 35.4 Å². The lowest BCUT2D eigenvalue weighted by molar-refractivity contribution is -0.873. The molecule has 4 heteroatoms. The number of likely N-dealkylation sites (N-methyl/N-ethyl adjacent to an activating group) is 1. The second-order valence-corrected chi connectivity index (χ2v) is 7.44. The SMILES string of the molecule is CC(C)(C)c1ccc(C(=O)[O-])cc1.CC(O)C[N+](C)(C)C. The van der Waals surface area contributed by atoms with Gasteiger partial charge in [0.05, 0.1) is 27.1 Å². The Morgan fingerprint density at radius 3 is 1.81 bits per heavy atom. The third-order valence-corrected chi connectivity index (χ3v) is 2.80. The van der Waals surface area contributed by atoms with Gasteiger partial charge in [-0.2, -0.15) is 0 Å². The maximum Gasteiger partial charge on any atom is 0.104 e. The Morgan fingerprint density at radius 2 is 1.62 bits per heavy atom. The number of hydrogen-bond donors (Lipinski definition) is 1. The predicted octanol–water partition coefficient (Wildman–Crippen LogP) is 1.42. The zero-order valence-electron chi connectivity index (χ0n) is 14.3. The van der Waals surface area contributed by atoms with Crippen LogP contribution in [0, 0.1) is 0 Å². The highest BCUT2D eigenvalue weighted by Gasteiger charge is 2.12. The normalized spacial score (nSPS) is 13.1. The topological polar surface area (TPSA) is 60.4 Å². The van der Waals surface area contributed by atoms with Crippen LogP contribution in [0.5, 0.6) is 0 Å². The van der Waals surface area contributed by atoms with Gasteiger partial charge in [-0.3, -0.25) is 0 Å². The molecule has 0 fully saturated rings. The van der Waals surface area contributed by atoms with E-state index in [4.69, 9.17) is 5.11 Å². The molecule has 0 spiro atoms. The molecule has 1 aromatic rings. The van der Waals surface area contributed by atoms with E-state index < -0.39 is 5.97 Å². The number of carbonyl (C=O) groups excluding carboxylic acids is 1. The Balaban J connectivity index is 0.000000433. The van der Waals surface area contributed by atoms with E-state index in [1.54, 1.807) is 12.1 Å². The van der Waals surface area contributed by atoms with Crippen LogP contribution in [0.1, 0.15) is 43.6 Å². The molecule has 0 aliphatic heterocycles. The van der Waals surface area contributed by atoms with E-state index in [1.807, 2.05) is 19.1 Å². The minimum atomic E-state index is -1.12. The van der Waals surface area contributed by atoms with E-state index >= 15 is 0 Å². The molecule has 21 heavy (non-hydrogen) atoms. The summed E-state index contributed by atoms with van der Waals surface area (Å²) < 4.78 is 0.831. The Labute approximate surface area is 128 Å². The molecule has 0 aliphatic carbocycles. The Bertz CT molecular complexity index is 437. The monoisotopic (exact) mass is 295 g/mol. The standard InChI is InChI=1S/C11H14O2.C6H16NO/c1-11(2,3)9-6-4-8(5-7-9)10(12)13;1-6(8)5-7(2,3)4/h4-7H,1-3H3,(H,12,13);6,8H,5H2,1-4H3/q;+1/p-1. The summed E-state index contributed by atoms with van der Waals surface area (Å²) in [6.07, 6.45) is -0.185. The summed E-state index contributed by atoms with van der Waals surface area (Å²) in [6, 6.07) is 6.81. The zero-order chi connectivity index (χ0) is 16.8. The lowest BCUT2D eigenvalue weighted by atomic mass is 9.87. The van der Waals surface area contributed by atoms with Crippen molar-refractivity contribution in [3.63, 3.8) is 0 Å². The van der Waals surface area contributed by atoms with Crippen molar-refractivity contribution in [3.8, 4) is 0 Å². The number of aliphatic hydroxyl groups excluding tert-OH is 1. The summed E-state index contributed by atoms with van der Waals surface area (Å²) in [4.78, 5) is 10.5. The van der Waals surface area contributed by atoms with Crippen molar-refractivity contribution in [1.29, 1.82) is 0 Å². The van der Waals surface area contributed by atoms with E-state index in [0.717, 1.165) is 16.6 Å². The van der Waals surface area contributed by atoms with Crippen molar-refractivity contribution in [2.24, 2.45) is 0 Å². The Hall–Kier alpha value is -1.39. The maximum atomic E-state index is 10.5. The summed E-state index contributed by atoms with van der Waals surface area (Å²) in [5.74, 6) is -1.12. The number of rotatable bonds is 3. The van der Waals surface area contributed by atoms with Crippen LogP contribution in [0.3, 0.4) is 0 Å². The maximum absolute atomic E-state index is 10.5. The van der Waals surface area contributed by atoms with Crippen LogP contribution in [-0.2, 0) is 5.41 Å². The van der Waals surface area contributed by atoms with Crippen LogP contribution in [0.2, 0.25) is 0 Å². The Kier molecular flexibility index (Phi) is 7.07. The molecule has 0 aromatic heterocycles. The van der Waals surface area contributed by atoms with Gasteiger partial charge in [0.2, 0.25) is 0 Å². The molecule has 1 rings (SSSR count). The van der Waals surface area contributed by atoms with Crippen LogP contribution in [0.15, 0.2) is 24.3 Å². The smallest absolute Gasteiger partial charge is 0.104 e.